The Labute approximate surface area is 76.6 Å². The van der Waals surface area contributed by atoms with E-state index in [2.05, 4.69) is 0 Å². The monoisotopic (exact) mass is 172 g/mol. The van der Waals surface area contributed by atoms with Crippen molar-refractivity contribution in [3.05, 3.63) is 0 Å². The van der Waals surface area contributed by atoms with Crippen molar-refractivity contribution in [1.29, 1.82) is 0 Å². The van der Waals surface area contributed by atoms with Gasteiger partial charge < -0.3 is 8.33 Å². The van der Waals surface area contributed by atoms with E-state index in [0.717, 1.165) is 0 Å². The van der Waals surface area contributed by atoms with Crippen LogP contribution in [-0.2, 0) is 10.4 Å². The van der Waals surface area contributed by atoms with E-state index in [-0.39, 0.29) is 48.7 Å². The molecule has 0 aliphatic rings. The van der Waals surface area contributed by atoms with Crippen LogP contribution in [0.2, 0.25) is 0 Å². The van der Waals surface area contributed by atoms with Gasteiger partial charge in [-0.05, 0) is 0 Å². The SMILES string of the molecule is O.O=S(=O)(O)O.[AlH3].[H-].[H-].[Mg+2]. The van der Waals surface area contributed by atoms with Crippen LogP contribution in [0.4, 0.5) is 0 Å². The molecule has 0 aliphatic carbocycles. The minimum atomic E-state index is -4.67. The second kappa shape index (κ2) is 8.13. The van der Waals surface area contributed by atoms with Crippen molar-refractivity contribution < 1.29 is 25.9 Å². The molecule has 0 amide bonds. The maximum atomic E-state index is 8.74. The van der Waals surface area contributed by atoms with Gasteiger partial charge in [0.25, 0.3) is 0 Å². The Morgan fingerprint density at radius 2 is 1.25 bits per heavy atom. The summed E-state index contributed by atoms with van der Waals surface area (Å²) in [7, 11) is -4.67. The van der Waals surface area contributed by atoms with Crippen molar-refractivity contribution in [3.8, 4) is 0 Å². The van der Waals surface area contributed by atoms with E-state index in [1.807, 2.05) is 0 Å². The van der Waals surface area contributed by atoms with E-state index in [1.54, 1.807) is 0 Å². The number of hydrogen-bond acceptors (Lipinski definition) is 2. The molecule has 0 aliphatic heterocycles. The zero-order chi connectivity index (χ0) is 4.50. The molecule has 0 saturated carbocycles. The molecular formula is H9AlMgO5S. The molecule has 0 bridgehead atoms. The van der Waals surface area contributed by atoms with E-state index < -0.39 is 10.4 Å². The van der Waals surface area contributed by atoms with Crippen LogP contribution in [0, 0.1) is 0 Å². The fraction of sp³-hybridized carbons (Fsp3) is 0. The minimum Gasteiger partial charge on any atom is -1.00 e. The molecule has 50 valence electrons. The summed E-state index contributed by atoms with van der Waals surface area (Å²) in [6.45, 7) is 0. The first-order chi connectivity index (χ1) is 2.00. The van der Waals surface area contributed by atoms with E-state index in [0.29, 0.717) is 0 Å². The van der Waals surface area contributed by atoms with E-state index in [4.69, 9.17) is 17.5 Å². The van der Waals surface area contributed by atoms with Gasteiger partial charge in [0.1, 0.15) is 0 Å². The van der Waals surface area contributed by atoms with Crippen LogP contribution < -0.4 is 0 Å². The Balaban J connectivity index is -0.00000000800. The third kappa shape index (κ3) is 210. The molecule has 0 rings (SSSR count). The Morgan fingerprint density at radius 3 is 1.25 bits per heavy atom. The average molecular weight is 172 g/mol. The van der Waals surface area contributed by atoms with E-state index in [9.17, 15) is 0 Å². The van der Waals surface area contributed by atoms with Crippen LogP contribution in [0.15, 0.2) is 0 Å². The molecule has 0 spiro atoms. The summed E-state index contributed by atoms with van der Waals surface area (Å²) in [6, 6.07) is 0. The quantitative estimate of drug-likeness (QED) is 0.304. The van der Waals surface area contributed by atoms with Gasteiger partial charge in [-0.25, -0.2) is 0 Å². The Kier molecular flexibility index (Phi) is 23.3. The van der Waals surface area contributed by atoms with Crippen LogP contribution >= 0.6 is 0 Å². The van der Waals surface area contributed by atoms with Gasteiger partial charge in [0, 0.05) is 0 Å². The van der Waals surface area contributed by atoms with Crippen molar-refractivity contribution in [1.82, 2.24) is 0 Å². The Morgan fingerprint density at radius 1 is 1.25 bits per heavy atom. The summed E-state index contributed by atoms with van der Waals surface area (Å²) in [4.78, 5) is 0. The largest absolute Gasteiger partial charge is 2.00 e. The number of hydrogen-bond donors (Lipinski definition) is 2. The van der Waals surface area contributed by atoms with Crippen LogP contribution in [0.1, 0.15) is 2.85 Å². The second-order valence-electron chi connectivity index (χ2n) is 0.448. The molecule has 0 unspecified atom stereocenters. The predicted molar refractivity (Wildman–Crippen MR) is 35.7 cm³/mol. The molecule has 0 saturated heterocycles. The molecule has 0 atom stereocenters. The van der Waals surface area contributed by atoms with Gasteiger partial charge in [0.2, 0.25) is 0 Å². The van der Waals surface area contributed by atoms with Crippen molar-refractivity contribution in [3.63, 3.8) is 0 Å². The third-order valence-electron chi connectivity index (χ3n) is 0. The van der Waals surface area contributed by atoms with Crippen LogP contribution in [0.25, 0.3) is 0 Å². The van der Waals surface area contributed by atoms with E-state index >= 15 is 0 Å². The maximum absolute atomic E-state index is 8.74. The normalized spacial score (nSPS) is 7.25. The molecule has 8 heavy (non-hydrogen) atoms. The molecular weight excluding hydrogens is 163 g/mol. The zero-order valence-corrected chi connectivity index (χ0v) is 5.56. The topological polar surface area (TPSA) is 106 Å². The summed E-state index contributed by atoms with van der Waals surface area (Å²) in [6.07, 6.45) is 0. The Hall–Kier alpha value is 1.13. The van der Waals surface area contributed by atoms with Gasteiger partial charge >= 0.3 is 33.5 Å². The Bertz CT molecular complexity index is 103. The van der Waals surface area contributed by atoms with Crippen LogP contribution in [0.3, 0.4) is 0 Å². The summed E-state index contributed by atoms with van der Waals surface area (Å²) in [5.41, 5.74) is 0. The minimum absolute atomic E-state index is 0. The fourth-order valence-electron chi connectivity index (χ4n) is 0. The molecule has 0 aromatic carbocycles. The summed E-state index contributed by atoms with van der Waals surface area (Å²) in [5.74, 6) is 0. The molecule has 4 N–H and O–H groups in total. The first-order valence-corrected chi connectivity index (χ1v) is 2.10. The smallest absolute Gasteiger partial charge is 1.00 e. The van der Waals surface area contributed by atoms with Gasteiger partial charge in [0.05, 0.1) is 0 Å². The molecule has 5 nitrogen and oxygen atoms in total. The first-order valence-electron chi connectivity index (χ1n) is 0.698. The van der Waals surface area contributed by atoms with Gasteiger partial charge in [-0.2, -0.15) is 8.42 Å². The zero-order valence-electron chi connectivity index (χ0n) is 5.33. The van der Waals surface area contributed by atoms with Gasteiger partial charge in [-0.1, -0.05) is 0 Å². The molecule has 0 aromatic heterocycles. The van der Waals surface area contributed by atoms with Crippen molar-refractivity contribution in [2.24, 2.45) is 0 Å². The van der Waals surface area contributed by atoms with Gasteiger partial charge in [0.15, 0.2) is 17.4 Å². The average Bonchev–Trinajstić information content (AvgIpc) is 0.722. The van der Waals surface area contributed by atoms with Crippen molar-refractivity contribution in [2.45, 2.75) is 0 Å². The summed E-state index contributed by atoms with van der Waals surface area (Å²) < 4.78 is 31.6. The van der Waals surface area contributed by atoms with Gasteiger partial charge in [-0.3, -0.25) is 9.11 Å². The fourth-order valence-corrected chi connectivity index (χ4v) is 0. The van der Waals surface area contributed by atoms with Crippen LogP contribution in [0.5, 0.6) is 0 Å². The van der Waals surface area contributed by atoms with Crippen LogP contribution in [-0.4, -0.2) is 63.4 Å². The standard InChI is InChI=1S/Al.Mg.H2O4S.H2O.5H/c;;1-5(2,3)4;;;;;;/h;;(H2,1,2,3,4);1H2;;;;;/q;+2;;;;;;2*-1. The van der Waals surface area contributed by atoms with Gasteiger partial charge in [-0.15, -0.1) is 0 Å². The first kappa shape index (κ1) is 22.9. The van der Waals surface area contributed by atoms with E-state index in [1.165, 1.54) is 0 Å². The van der Waals surface area contributed by atoms with Crippen molar-refractivity contribution >= 4 is 50.8 Å². The molecule has 8 heteroatoms. The molecule has 0 aromatic rings. The molecule has 0 fully saturated rings. The summed E-state index contributed by atoms with van der Waals surface area (Å²) >= 11 is 0. The number of rotatable bonds is 0. The third-order valence-corrected chi connectivity index (χ3v) is 0. The molecule has 0 heterocycles. The van der Waals surface area contributed by atoms with Crippen molar-refractivity contribution in [2.75, 3.05) is 0 Å². The molecule has 0 radical (unpaired) electrons. The maximum Gasteiger partial charge on any atom is 2.00 e. The second-order valence-corrected chi connectivity index (χ2v) is 1.34. The predicted octanol–water partition coefficient (Wildman–Crippen LogP) is -2.82. The summed E-state index contributed by atoms with van der Waals surface area (Å²) in [5, 5.41) is 0.